The lowest BCUT2D eigenvalue weighted by atomic mass is 9.82. The van der Waals surface area contributed by atoms with E-state index in [1.54, 1.807) is 36.6 Å². The van der Waals surface area contributed by atoms with Gasteiger partial charge in [-0.2, -0.15) is 0 Å². The van der Waals surface area contributed by atoms with E-state index in [1.165, 1.54) is 0 Å². The third-order valence-corrected chi connectivity index (χ3v) is 15.3. The van der Waals surface area contributed by atoms with Gasteiger partial charge in [0, 0.05) is 86.2 Å². The number of ether oxygens (including phenoxy) is 3. The maximum absolute atomic E-state index is 15.6. The molecule has 14 nitrogen and oxygen atoms in total. The SMILES string of the molecule is CCn1c(-c2cccnc2[C@H](C)OC)c2c3cc(ccc31)-c1cc(O)cc(c1)C[C@](NC(=O)[C@H](C(C)C)N(C)C[C@@H]1OCCC1c1cccnc1)(C1CC1)C(=O)N1CCC[C@H](N1)C(=O)OCC(C)(C)C2. The minimum absolute atomic E-state index is 0.0608. The van der Waals surface area contributed by atoms with Gasteiger partial charge in [-0.3, -0.25) is 34.3 Å². The molecule has 3 aliphatic heterocycles. The number of esters is 1. The van der Waals surface area contributed by atoms with Crippen LogP contribution in [-0.2, 0) is 48.0 Å². The van der Waals surface area contributed by atoms with E-state index in [1.807, 2.05) is 52.2 Å². The number of nitrogens with one attached hydrogen (secondary N) is 2. The molecule has 0 spiro atoms. The second-order valence-electron chi connectivity index (χ2n) is 21.4. The fourth-order valence-electron chi connectivity index (χ4n) is 11.7. The zero-order valence-electron chi connectivity index (χ0n) is 42.2. The number of methoxy groups -OCH3 is 1. The molecular formula is C56H71N7O7. The van der Waals surface area contributed by atoms with Crippen molar-refractivity contribution >= 4 is 28.7 Å². The second-order valence-corrected chi connectivity index (χ2v) is 21.4. The van der Waals surface area contributed by atoms with Crippen LogP contribution in [0.2, 0.25) is 0 Å². The molecule has 0 radical (unpaired) electrons. The van der Waals surface area contributed by atoms with E-state index in [9.17, 15) is 9.90 Å². The molecule has 2 saturated heterocycles. The zero-order chi connectivity index (χ0) is 49.5. The van der Waals surface area contributed by atoms with Gasteiger partial charge < -0.3 is 29.2 Å². The normalized spacial score (nSPS) is 23.9. The van der Waals surface area contributed by atoms with Crippen LogP contribution in [0.5, 0.6) is 5.75 Å². The maximum Gasteiger partial charge on any atom is 0.324 e. The molecule has 2 aromatic carbocycles. The quantitative estimate of drug-likeness (QED) is 0.104. The molecule has 1 aliphatic carbocycles. The van der Waals surface area contributed by atoms with Crippen molar-refractivity contribution in [3.63, 3.8) is 0 Å². The van der Waals surface area contributed by atoms with Crippen molar-refractivity contribution in [2.45, 2.75) is 129 Å². The van der Waals surface area contributed by atoms with Gasteiger partial charge in [-0.1, -0.05) is 45.9 Å². The number of fused-ring (bicyclic) bond motifs is 6. The van der Waals surface area contributed by atoms with Gasteiger partial charge in [-0.05, 0) is 142 Å². The highest BCUT2D eigenvalue weighted by atomic mass is 16.5. The number of amides is 2. The van der Waals surface area contributed by atoms with E-state index in [0.29, 0.717) is 51.1 Å². The van der Waals surface area contributed by atoms with Gasteiger partial charge in [0.1, 0.15) is 17.3 Å². The molecule has 6 atom stereocenters. The molecular weight excluding hydrogens is 883 g/mol. The van der Waals surface area contributed by atoms with Crippen LogP contribution in [0.25, 0.3) is 33.3 Å². The predicted molar refractivity (Wildman–Crippen MR) is 270 cm³/mol. The molecule has 3 aromatic heterocycles. The third-order valence-electron chi connectivity index (χ3n) is 15.3. The average Bonchev–Trinajstić information content (AvgIpc) is 4.04. The Hall–Kier alpha value is -5.67. The number of aromatic hydroxyl groups is 1. The standard InChI is InChI=1S/C56H71N7O7/c1-9-62-47-19-16-37-28-44(47)45(51(62)43-14-11-22-58-49(43)35(4)68-8)30-55(5,6)33-70-53(66)46-15-12-23-63(60-46)54(67)56(40-17-18-40,29-36-25-39(37)27-41(64)26-36)59-52(65)50(34(2)3)61(7)32-48-42(20-24-69-48)38-13-10-21-57-31-38/h10-11,13-14,16,19,21-22,25-28,31,34-35,40,42,46,48,50,60,64H,9,12,15,17-18,20,23-24,29-30,32-33H2,1-8H3,(H,59,65)/t35-,42?,46-,48-,50-,56-/m0/s1. The second kappa shape index (κ2) is 20.2. The molecule has 6 heterocycles. The summed E-state index contributed by atoms with van der Waals surface area (Å²) in [6.07, 6.45) is 9.14. The molecule has 5 aromatic rings. The number of aryl methyl sites for hydroxylation is 1. The van der Waals surface area contributed by atoms with Crippen LogP contribution >= 0.6 is 0 Å². The van der Waals surface area contributed by atoms with Crippen LogP contribution in [0.4, 0.5) is 0 Å². The highest BCUT2D eigenvalue weighted by Gasteiger charge is 2.55. The van der Waals surface area contributed by atoms with Crippen LogP contribution < -0.4 is 10.7 Å². The van der Waals surface area contributed by atoms with Gasteiger partial charge in [0.25, 0.3) is 5.91 Å². The topological polar surface area (TPSA) is 160 Å². The Labute approximate surface area is 412 Å². The summed E-state index contributed by atoms with van der Waals surface area (Å²) in [7, 11) is 3.65. The number of pyridine rings is 2. The van der Waals surface area contributed by atoms with Gasteiger partial charge in [0.2, 0.25) is 5.91 Å². The van der Waals surface area contributed by atoms with E-state index in [2.05, 4.69) is 76.3 Å². The highest BCUT2D eigenvalue weighted by Crippen LogP contribution is 2.46. The lowest BCUT2D eigenvalue weighted by Gasteiger charge is -2.43. The van der Waals surface area contributed by atoms with Crippen LogP contribution in [0.15, 0.2) is 79.3 Å². The molecule has 1 unspecified atom stereocenters. The molecule has 372 valence electrons. The van der Waals surface area contributed by atoms with E-state index in [-0.39, 0.29) is 60.6 Å². The summed E-state index contributed by atoms with van der Waals surface area (Å²) in [5, 5.41) is 17.7. The van der Waals surface area contributed by atoms with Crippen molar-refractivity contribution in [1.29, 1.82) is 0 Å². The smallest absolute Gasteiger partial charge is 0.324 e. The Morgan fingerprint density at radius 3 is 2.54 bits per heavy atom. The average molecular weight is 954 g/mol. The number of cyclic esters (lactones) is 1. The van der Waals surface area contributed by atoms with Crippen LogP contribution in [0.3, 0.4) is 0 Å². The van der Waals surface area contributed by atoms with E-state index < -0.39 is 29.0 Å². The third kappa shape index (κ3) is 9.84. The first-order valence-electron chi connectivity index (χ1n) is 25.4. The largest absolute Gasteiger partial charge is 0.508 e. The minimum atomic E-state index is -1.41. The highest BCUT2D eigenvalue weighted by molar-refractivity contribution is 5.96. The van der Waals surface area contributed by atoms with Gasteiger partial charge in [0.15, 0.2) is 0 Å². The van der Waals surface area contributed by atoms with Crippen molar-refractivity contribution < 1.29 is 33.7 Å². The Morgan fingerprint density at radius 1 is 1.01 bits per heavy atom. The number of aromatic nitrogens is 3. The first-order chi connectivity index (χ1) is 33.6. The van der Waals surface area contributed by atoms with Crippen molar-refractivity contribution in [2.75, 3.05) is 40.5 Å². The van der Waals surface area contributed by atoms with E-state index >= 15 is 9.59 Å². The van der Waals surface area contributed by atoms with Gasteiger partial charge in [-0.25, -0.2) is 5.43 Å². The summed E-state index contributed by atoms with van der Waals surface area (Å²) in [6.45, 7) is 14.8. The fourth-order valence-corrected chi connectivity index (χ4v) is 11.7. The van der Waals surface area contributed by atoms with Gasteiger partial charge in [-0.15, -0.1) is 0 Å². The Kier molecular flexibility index (Phi) is 14.2. The summed E-state index contributed by atoms with van der Waals surface area (Å²) in [5.74, 6) is -1.08. The number of likely N-dealkylation sites (N-methyl/N-ethyl adjacent to an activating group) is 1. The van der Waals surface area contributed by atoms with Crippen LogP contribution in [0.1, 0.15) is 108 Å². The van der Waals surface area contributed by atoms with E-state index in [4.69, 9.17) is 19.2 Å². The van der Waals surface area contributed by atoms with E-state index in [0.717, 1.165) is 69.4 Å². The first kappa shape index (κ1) is 49.3. The van der Waals surface area contributed by atoms with Gasteiger partial charge in [0.05, 0.1) is 36.2 Å². The number of phenols is 1. The zero-order valence-corrected chi connectivity index (χ0v) is 42.2. The molecule has 6 bridgehead atoms. The molecule has 4 aliphatic rings. The fraction of sp³-hybridized carbons (Fsp3) is 0.518. The number of hydrogen-bond donors (Lipinski definition) is 3. The molecule has 9 rings (SSSR count). The molecule has 3 fully saturated rings. The predicted octanol–water partition coefficient (Wildman–Crippen LogP) is 8.16. The van der Waals surface area contributed by atoms with Crippen molar-refractivity contribution in [3.8, 4) is 28.1 Å². The molecule has 3 N–H and O–H groups in total. The Bertz CT molecular complexity index is 2720. The molecule has 70 heavy (non-hydrogen) atoms. The number of nitrogens with zero attached hydrogens (tertiary/aromatic N) is 5. The maximum atomic E-state index is 15.6. The first-order valence-corrected chi connectivity index (χ1v) is 25.4. The Balaban J connectivity index is 1.15. The summed E-state index contributed by atoms with van der Waals surface area (Å²) in [4.78, 5) is 56.3. The number of carbonyl (C=O) groups excluding carboxylic acids is 3. The number of hydrazine groups is 1. The lowest BCUT2D eigenvalue weighted by Crippen LogP contribution is -2.69. The monoisotopic (exact) mass is 954 g/mol. The molecule has 1 saturated carbocycles. The number of rotatable bonds is 12. The number of hydrogen-bond acceptors (Lipinski definition) is 11. The summed E-state index contributed by atoms with van der Waals surface area (Å²) >= 11 is 0. The van der Waals surface area contributed by atoms with Crippen LogP contribution in [-0.4, -0.2) is 112 Å². The minimum Gasteiger partial charge on any atom is -0.508 e. The van der Waals surface area contributed by atoms with Crippen molar-refractivity contribution in [3.05, 3.63) is 102 Å². The lowest BCUT2D eigenvalue weighted by molar-refractivity contribution is -0.158. The summed E-state index contributed by atoms with van der Waals surface area (Å²) in [5.41, 5.74) is 9.85. The number of benzene rings is 2. The number of phenolic OH excluding ortho intramolecular Hbond substituents is 1. The van der Waals surface area contributed by atoms with Crippen molar-refractivity contribution in [2.24, 2.45) is 17.3 Å². The van der Waals surface area contributed by atoms with Crippen molar-refractivity contribution in [1.82, 2.24) is 35.2 Å². The summed E-state index contributed by atoms with van der Waals surface area (Å²) in [6, 6.07) is 18.7. The number of carbonyl (C=O) groups is 3. The Morgan fingerprint density at radius 2 is 1.81 bits per heavy atom. The van der Waals surface area contributed by atoms with Crippen LogP contribution in [0, 0.1) is 17.3 Å². The summed E-state index contributed by atoms with van der Waals surface area (Å²) < 4.78 is 20.7. The molecule has 2 amide bonds. The molecule has 14 heteroatoms. The van der Waals surface area contributed by atoms with Gasteiger partial charge >= 0.3 is 5.97 Å².